The Bertz CT molecular complexity index is 2360. The second kappa shape index (κ2) is 20.9. The van der Waals surface area contributed by atoms with E-state index < -0.39 is 11.9 Å². The Hall–Kier alpha value is -5.98. The first-order chi connectivity index (χ1) is 31.5. The van der Waals surface area contributed by atoms with Crippen LogP contribution in [0, 0.1) is 0 Å². The minimum Gasteiger partial charge on any atom is -0.376 e. The second-order valence-electron chi connectivity index (χ2n) is 17.6. The molecule has 2 atom stereocenters. The Morgan fingerprint density at radius 3 is 2.52 bits per heavy atom. The second-order valence-corrected chi connectivity index (χ2v) is 18.7. The number of benzene rings is 2. The lowest BCUT2D eigenvalue weighted by atomic mass is 9.91. The zero-order chi connectivity index (χ0) is 45.3. The van der Waals surface area contributed by atoms with E-state index in [9.17, 15) is 24.0 Å². The predicted octanol–water partition coefficient (Wildman–Crippen LogP) is 5.00. The van der Waals surface area contributed by atoms with E-state index in [-0.39, 0.29) is 60.5 Å². The van der Waals surface area contributed by atoms with Gasteiger partial charge in [0.25, 0.3) is 11.8 Å². The molecule has 8 rings (SSSR count). The van der Waals surface area contributed by atoms with Gasteiger partial charge in [0.15, 0.2) is 11.5 Å². The average Bonchev–Trinajstić information content (AvgIpc) is 3.91. The number of nitrogens with zero attached hydrogens (tertiary/aromatic N) is 7. The maximum atomic E-state index is 13.0. The number of rotatable bonds is 18. The molecular weight excluding hydrogens is 847 g/mol. The molecule has 342 valence electrons. The summed E-state index contributed by atoms with van der Waals surface area (Å²) in [7, 11) is 0. The van der Waals surface area contributed by atoms with Gasteiger partial charge in [-0.15, -0.1) is 10.2 Å². The van der Waals surface area contributed by atoms with Gasteiger partial charge in [-0.2, -0.15) is 0 Å². The molecule has 6 heterocycles. The van der Waals surface area contributed by atoms with Crippen molar-refractivity contribution in [1.82, 2.24) is 35.7 Å². The fourth-order valence-corrected chi connectivity index (χ4v) is 9.40. The highest BCUT2D eigenvalue weighted by molar-refractivity contribution is 7.99. The number of nitrogens with one attached hydrogen (secondary N) is 3. The number of fused-ring (bicyclic) bond motifs is 1. The molecule has 4 aliphatic rings. The van der Waals surface area contributed by atoms with Gasteiger partial charge in [0.05, 0.1) is 18.5 Å². The lowest BCUT2D eigenvalue weighted by Crippen LogP contribution is -2.52. The maximum absolute atomic E-state index is 13.0. The Labute approximate surface area is 383 Å². The lowest BCUT2D eigenvalue weighted by Gasteiger charge is -2.37. The first-order valence-electron chi connectivity index (χ1n) is 22.6. The fourth-order valence-electron chi connectivity index (χ4n) is 8.62. The molecule has 17 nitrogen and oxygen atoms in total. The molecule has 4 aliphatic heterocycles. The summed E-state index contributed by atoms with van der Waals surface area (Å²) in [5, 5.41) is 17.5. The molecule has 2 aromatic carbocycles. The molecule has 0 bridgehead atoms. The Morgan fingerprint density at radius 2 is 1.74 bits per heavy atom. The van der Waals surface area contributed by atoms with Gasteiger partial charge in [0.2, 0.25) is 17.7 Å². The summed E-state index contributed by atoms with van der Waals surface area (Å²) in [4.78, 5) is 78.7. The number of carbonyl (C=O) groups excluding carboxylic acids is 5. The number of unbranched alkanes of at least 4 members (excludes halogenated alkanes) is 4. The number of aromatic nitrogens is 4. The predicted molar refractivity (Wildman–Crippen MR) is 245 cm³/mol. The van der Waals surface area contributed by atoms with Crippen LogP contribution in [-0.4, -0.2) is 105 Å². The zero-order valence-electron chi connectivity index (χ0n) is 36.8. The summed E-state index contributed by atoms with van der Waals surface area (Å²) >= 11 is 1.52. The summed E-state index contributed by atoms with van der Waals surface area (Å²) in [6.07, 6.45) is 12.3. The van der Waals surface area contributed by atoms with E-state index in [1.807, 2.05) is 36.5 Å². The molecule has 5 N–H and O–H groups in total. The fraction of sp³-hybridized carbons (Fsp3) is 0.468. The van der Waals surface area contributed by atoms with Crippen LogP contribution in [0.2, 0.25) is 0 Å². The molecule has 4 aromatic rings. The lowest BCUT2D eigenvalue weighted by molar-refractivity contribution is -0.137. The third-order valence-corrected chi connectivity index (χ3v) is 13.4. The first-order valence-corrected chi connectivity index (χ1v) is 23.5. The van der Waals surface area contributed by atoms with Gasteiger partial charge in [0.1, 0.15) is 16.9 Å². The Kier molecular flexibility index (Phi) is 14.7. The SMILES string of the molecule is CC1(N)CCN(c2cnc(Sc3cccc(NC(=O)CCCCCCCO[C@H]4CCN(c5ccc(C(=O)NCc6ccc7c(c6)CN(C6CCC(=O)NC6=O)C7=O)nn5)C4)c3)cn2)CC1. The largest absolute Gasteiger partial charge is 0.376 e. The number of imide groups is 1. The zero-order valence-corrected chi connectivity index (χ0v) is 37.6. The van der Waals surface area contributed by atoms with E-state index in [1.54, 1.807) is 30.5 Å². The molecular formula is C47H57N11O6S. The number of carbonyl (C=O) groups is 5. The van der Waals surface area contributed by atoms with Crippen molar-refractivity contribution in [2.45, 2.75) is 118 Å². The van der Waals surface area contributed by atoms with Crippen molar-refractivity contribution >= 4 is 58.6 Å². The topological polar surface area (TPSA) is 218 Å². The van der Waals surface area contributed by atoms with Gasteiger partial charge in [-0.25, -0.2) is 9.97 Å². The molecule has 2 aromatic heterocycles. The van der Waals surface area contributed by atoms with Crippen LogP contribution >= 0.6 is 11.8 Å². The van der Waals surface area contributed by atoms with E-state index in [1.165, 1.54) is 16.7 Å². The third kappa shape index (κ3) is 12.0. The minimum absolute atomic E-state index is 0.0122. The van der Waals surface area contributed by atoms with Crippen LogP contribution in [0.3, 0.4) is 0 Å². The van der Waals surface area contributed by atoms with Crippen molar-refractivity contribution < 1.29 is 28.7 Å². The van der Waals surface area contributed by atoms with Gasteiger partial charge in [0, 0.05) is 80.4 Å². The van der Waals surface area contributed by atoms with E-state index in [4.69, 9.17) is 10.5 Å². The molecule has 65 heavy (non-hydrogen) atoms. The number of anilines is 3. The third-order valence-electron chi connectivity index (χ3n) is 12.5. The molecule has 0 saturated carbocycles. The molecule has 5 amide bonds. The van der Waals surface area contributed by atoms with Crippen molar-refractivity contribution in [3.8, 4) is 0 Å². The molecule has 3 fully saturated rings. The number of nitrogens with two attached hydrogens (primary N) is 1. The van der Waals surface area contributed by atoms with Crippen LogP contribution in [-0.2, 0) is 32.2 Å². The van der Waals surface area contributed by atoms with E-state index >= 15 is 0 Å². The van der Waals surface area contributed by atoms with Crippen LogP contribution in [0.15, 0.2) is 76.9 Å². The number of amides is 5. The van der Waals surface area contributed by atoms with Crippen LogP contribution in [0.4, 0.5) is 17.3 Å². The average molecular weight is 904 g/mol. The van der Waals surface area contributed by atoms with Crippen molar-refractivity contribution in [1.29, 1.82) is 0 Å². The summed E-state index contributed by atoms with van der Waals surface area (Å²) in [5.41, 5.74) is 9.23. The molecule has 1 unspecified atom stereocenters. The van der Waals surface area contributed by atoms with Crippen LogP contribution in [0.25, 0.3) is 0 Å². The van der Waals surface area contributed by atoms with Crippen LogP contribution in [0.5, 0.6) is 0 Å². The summed E-state index contributed by atoms with van der Waals surface area (Å²) in [5.74, 6) is 0.196. The number of ether oxygens (including phenoxy) is 1. The Balaban J connectivity index is 0.671. The van der Waals surface area contributed by atoms with Gasteiger partial charge < -0.3 is 35.8 Å². The van der Waals surface area contributed by atoms with Crippen molar-refractivity contribution in [2.24, 2.45) is 5.73 Å². The van der Waals surface area contributed by atoms with Gasteiger partial charge >= 0.3 is 0 Å². The Morgan fingerprint density at radius 1 is 0.908 bits per heavy atom. The van der Waals surface area contributed by atoms with Crippen molar-refractivity contribution in [2.75, 3.05) is 47.9 Å². The van der Waals surface area contributed by atoms with Gasteiger partial charge in [-0.05, 0) is 93.0 Å². The van der Waals surface area contributed by atoms with Gasteiger partial charge in [-0.3, -0.25) is 29.3 Å². The van der Waals surface area contributed by atoms with E-state index in [0.717, 1.165) is 104 Å². The molecule has 18 heteroatoms. The molecule has 0 spiro atoms. The van der Waals surface area contributed by atoms with E-state index in [0.29, 0.717) is 37.4 Å². The number of piperidine rings is 2. The highest BCUT2D eigenvalue weighted by Crippen LogP contribution is 2.31. The minimum atomic E-state index is -0.679. The monoisotopic (exact) mass is 903 g/mol. The van der Waals surface area contributed by atoms with Gasteiger partial charge in [-0.1, -0.05) is 49.2 Å². The first kappa shape index (κ1) is 45.6. The smallest absolute Gasteiger partial charge is 0.272 e. The standard InChI is InChI=1S/C47H57N11O6S/c1-47(48)18-21-56(22-19-47)40-27-50-43(28-49-40)65-35-9-7-8-33(25-35)52-41(59)10-5-3-2-4-6-23-64-34-17-20-57(30-34)39-15-13-37(54-55-39)44(61)51-26-31-11-12-36-32(24-31)29-58(46(36)63)38-14-16-42(60)53-45(38)62/h7-9,11-13,15,24-25,27-28,34,38H,2-6,10,14,16-23,26,29-30,48H2,1H3,(H,51,61)(H,52,59)(H,53,60,62)/t34-,38?/m0/s1. The number of hydrogen-bond donors (Lipinski definition) is 4. The highest BCUT2D eigenvalue weighted by Gasteiger charge is 2.39. The quantitative estimate of drug-likeness (QED) is 0.0764. The summed E-state index contributed by atoms with van der Waals surface area (Å²) in [6, 6.07) is 15.9. The molecule has 3 saturated heterocycles. The van der Waals surface area contributed by atoms with Crippen LogP contribution in [0.1, 0.15) is 110 Å². The van der Waals surface area contributed by atoms with Crippen LogP contribution < -0.4 is 31.5 Å². The van der Waals surface area contributed by atoms with Crippen molar-refractivity contribution in [3.05, 3.63) is 89.4 Å². The maximum Gasteiger partial charge on any atom is 0.272 e. The normalized spacial score (nSPS) is 19.3. The molecule has 0 radical (unpaired) electrons. The molecule has 0 aliphatic carbocycles. The summed E-state index contributed by atoms with van der Waals surface area (Å²) < 4.78 is 6.18. The highest BCUT2D eigenvalue weighted by atomic mass is 32.2. The summed E-state index contributed by atoms with van der Waals surface area (Å²) in [6.45, 7) is 6.52. The number of hydrogen-bond acceptors (Lipinski definition) is 14. The van der Waals surface area contributed by atoms with Crippen molar-refractivity contribution in [3.63, 3.8) is 0 Å². The van der Waals surface area contributed by atoms with E-state index in [2.05, 4.69) is 52.8 Å².